The Balaban J connectivity index is 1.67. The quantitative estimate of drug-likeness (QED) is 0.564. The first-order valence-corrected chi connectivity index (χ1v) is 10.2. The number of amides is 2. The Hall–Kier alpha value is -3.94. The van der Waals surface area contributed by atoms with Gasteiger partial charge in [0.25, 0.3) is 5.91 Å². The summed E-state index contributed by atoms with van der Waals surface area (Å²) in [5, 5.41) is 9.86. The molecule has 2 aromatic carbocycles. The van der Waals surface area contributed by atoms with Gasteiger partial charge < -0.3 is 15.4 Å². The minimum Gasteiger partial charge on any atom is -0.461 e. The molecule has 0 aliphatic heterocycles. The number of nitrogens with zero attached hydrogens (tertiary/aromatic N) is 2. The molecule has 0 unspecified atom stereocenters. The van der Waals surface area contributed by atoms with Gasteiger partial charge in [-0.15, -0.1) is 0 Å². The maximum absolute atomic E-state index is 12.7. The number of hydrogen-bond acceptors (Lipinski definition) is 5. The molecule has 0 fully saturated rings. The summed E-state index contributed by atoms with van der Waals surface area (Å²) >= 11 is 0. The zero-order valence-electron chi connectivity index (χ0n) is 18.5. The lowest BCUT2D eigenvalue weighted by molar-refractivity contribution is -0.123. The van der Waals surface area contributed by atoms with Gasteiger partial charge in [0.15, 0.2) is 5.69 Å². The second kappa shape index (κ2) is 9.47. The molecule has 0 saturated carbocycles. The fraction of sp³-hybridized carbons (Fsp3) is 0.250. The highest BCUT2D eigenvalue weighted by Crippen LogP contribution is 2.19. The Bertz CT molecular complexity index is 1130. The third kappa shape index (κ3) is 5.60. The number of hydrogen-bond donors (Lipinski definition) is 2. The van der Waals surface area contributed by atoms with Gasteiger partial charge in [0.1, 0.15) is 0 Å². The van der Waals surface area contributed by atoms with Crippen molar-refractivity contribution in [1.82, 2.24) is 9.78 Å². The lowest BCUT2D eigenvalue weighted by Gasteiger charge is -2.18. The van der Waals surface area contributed by atoms with E-state index in [-0.39, 0.29) is 24.1 Å². The fourth-order valence-electron chi connectivity index (χ4n) is 2.74. The van der Waals surface area contributed by atoms with Gasteiger partial charge >= 0.3 is 5.97 Å². The van der Waals surface area contributed by atoms with E-state index in [1.54, 1.807) is 72.4 Å². The van der Waals surface area contributed by atoms with Crippen molar-refractivity contribution in [3.8, 4) is 5.69 Å². The van der Waals surface area contributed by atoms with Crippen molar-refractivity contribution in [1.29, 1.82) is 0 Å². The molecule has 0 saturated heterocycles. The summed E-state index contributed by atoms with van der Waals surface area (Å²) in [6.45, 7) is 7.49. The smallest absolute Gasteiger partial charge is 0.358 e. The Morgan fingerprint density at radius 3 is 2.34 bits per heavy atom. The molecule has 2 N–H and O–H groups in total. The molecule has 0 bridgehead atoms. The van der Waals surface area contributed by atoms with Crippen LogP contribution in [0.1, 0.15) is 48.5 Å². The highest BCUT2D eigenvalue weighted by atomic mass is 16.5. The van der Waals surface area contributed by atoms with E-state index < -0.39 is 11.4 Å². The molecular weight excluding hydrogens is 408 g/mol. The van der Waals surface area contributed by atoms with Crippen molar-refractivity contribution < 1.29 is 19.1 Å². The molecule has 8 heteroatoms. The number of carbonyl (C=O) groups is 3. The summed E-state index contributed by atoms with van der Waals surface area (Å²) in [7, 11) is 0. The first kappa shape index (κ1) is 22.7. The highest BCUT2D eigenvalue weighted by Gasteiger charge is 2.21. The second-order valence-electron chi connectivity index (χ2n) is 8.15. The van der Waals surface area contributed by atoms with Gasteiger partial charge in [0.2, 0.25) is 5.91 Å². The average molecular weight is 434 g/mol. The number of anilines is 2. The lowest BCUT2D eigenvalue weighted by Crippen LogP contribution is -2.27. The van der Waals surface area contributed by atoms with E-state index in [0.717, 1.165) is 5.69 Å². The summed E-state index contributed by atoms with van der Waals surface area (Å²) in [5.74, 6) is -0.903. The van der Waals surface area contributed by atoms with Crippen molar-refractivity contribution in [2.45, 2.75) is 27.7 Å². The number of esters is 1. The van der Waals surface area contributed by atoms with Crippen molar-refractivity contribution in [3.05, 3.63) is 72.1 Å². The molecule has 0 atom stereocenters. The summed E-state index contributed by atoms with van der Waals surface area (Å²) in [6.07, 6.45) is 1.66. The van der Waals surface area contributed by atoms with E-state index in [0.29, 0.717) is 16.9 Å². The molecular formula is C24H26N4O4. The van der Waals surface area contributed by atoms with Gasteiger partial charge in [-0.3, -0.25) is 9.59 Å². The van der Waals surface area contributed by atoms with Crippen LogP contribution >= 0.6 is 0 Å². The van der Waals surface area contributed by atoms with Crippen LogP contribution in [0.2, 0.25) is 0 Å². The van der Waals surface area contributed by atoms with Crippen LogP contribution in [0.25, 0.3) is 5.69 Å². The van der Waals surface area contributed by atoms with Crippen molar-refractivity contribution in [2.75, 3.05) is 17.2 Å². The van der Waals surface area contributed by atoms with E-state index in [1.807, 2.05) is 20.8 Å². The summed E-state index contributed by atoms with van der Waals surface area (Å²) in [5.41, 5.74) is 2.00. The normalized spacial score (nSPS) is 11.0. The fourth-order valence-corrected chi connectivity index (χ4v) is 2.74. The second-order valence-corrected chi connectivity index (χ2v) is 8.15. The number of carbonyl (C=O) groups excluding carboxylic acids is 3. The van der Waals surface area contributed by atoms with Crippen LogP contribution in [0.3, 0.4) is 0 Å². The third-order valence-corrected chi connectivity index (χ3v) is 4.53. The Morgan fingerprint density at radius 1 is 0.969 bits per heavy atom. The molecule has 166 valence electrons. The average Bonchev–Trinajstić information content (AvgIpc) is 3.24. The van der Waals surface area contributed by atoms with Crippen LogP contribution in [0.4, 0.5) is 11.4 Å². The number of ether oxygens (including phenoxy) is 1. The minimum atomic E-state index is -0.536. The van der Waals surface area contributed by atoms with Gasteiger partial charge in [0, 0.05) is 28.6 Å². The molecule has 0 aliphatic carbocycles. The number of aromatic nitrogens is 2. The van der Waals surface area contributed by atoms with E-state index in [1.165, 1.54) is 0 Å². The first-order chi connectivity index (χ1) is 15.2. The molecule has 0 spiro atoms. The molecule has 1 heterocycles. The van der Waals surface area contributed by atoms with E-state index >= 15 is 0 Å². The third-order valence-electron chi connectivity index (χ3n) is 4.53. The lowest BCUT2D eigenvalue weighted by atomic mass is 9.95. The number of nitrogens with one attached hydrogen (secondary N) is 2. The van der Waals surface area contributed by atoms with Crippen molar-refractivity contribution in [2.24, 2.45) is 5.41 Å². The van der Waals surface area contributed by atoms with Crippen LogP contribution < -0.4 is 10.6 Å². The van der Waals surface area contributed by atoms with Gasteiger partial charge in [-0.2, -0.15) is 5.10 Å². The van der Waals surface area contributed by atoms with E-state index in [4.69, 9.17) is 4.74 Å². The number of rotatable bonds is 6. The molecule has 3 aromatic rings. The summed E-state index contributed by atoms with van der Waals surface area (Å²) in [6, 6.07) is 15.4. The zero-order chi connectivity index (χ0) is 23.3. The van der Waals surface area contributed by atoms with Crippen LogP contribution in [0, 0.1) is 5.41 Å². The molecule has 1 aromatic heterocycles. The monoisotopic (exact) mass is 434 g/mol. The Labute approximate surface area is 186 Å². The van der Waals surface area contributed by atoms with E-state index in [9.17, 15) is 14.4 Å². The predicted octanol–water partition coefficient (Wildman–Crippen LogP) is 4.29. The molecule has 32 heavy (non-hydrogen) atoms. The minimum absolute atomic E-state index is 0.129. The molecule has 0 radical (unpaired) electrons. The zero-order valence-corrected chi connectivity index (χ0v) is 18.5. The maximum atomic E-state index is 12.7. The van der Waals surface area contributed by atoms with Crippen LogP contribution in [-0.2, 0) is 9.53 Å². The molecule has 0 aliphatic rings. The van der Waals surface area contributed by atoms with Gasteiger partial charge in [-0.1, -0.05) is 26.8 Å². The van der Waals surface area contributed by atoms with Crippen LogP contribution in [-0.4, -0.2) is 34.2 Å². The Morgan fingerprint density at radius 2 is 1.69 bits per heavy atom. The summed E-state index contributed by atoms with van der Waals surface area (Å²) < 4.78 is 6.50. The predicted molar refractivity (Wildman–Crippen MR) is 122 cm³/mol. The van der Waals surface area contributed by atoms with Gasteiger partial charge in [0.05, 0.1) is 12.3 Å². The molecule has 8 nitrogen and oxygen atoms in total. The molecule has 3 rings (SSSR count). The van der Waals surface area contributed by atoms with Gasteiger partial charge in [-0.25, -0.2) is 9.48 Å². The first-order valence-electron chi connectivity index (χ1n) is 10.2. The van der Waals surface area contributed by atoms with Crippen molar-refractivity contribution in [3.63, 3.8) is 0 Å². The van der Waals surface area contributed by atoms with Crippen molar-refractivity contribution >= 4 is 29.2 Å². The summed E-state index contributed by atoms with van der Waals surface area (Å²) in [4.78, 5) is 36.6. The SMILES string of the molecule is CCOC(=O)c1ccn(-c2ccc(NC(=O)c3cccc(NC(=O)C(C)(C)C)c3)cc2)n1. The highest BCUT2D eigenvalue weighted by molar-refractivity contribution is 6.05. The number of benzene rings is 2. The Kier molecular flexibility index (Phi) is 6.73. The molecule has 2 amide bonds. The van der Waals surface area contributed by atoms with E-state index in [2.05, 4.69) is 15.7 Å². The van der Waals surface area contributed by atoms with Crippen LogP contribution in [0.5, 0.6) is 0 Å². The topological polar surface area (TPSA) is 102 Å². The van der Waals surface area contributed by atoms with Gasteiger partial charge in [-0.05, 0) is 55.5 Å². The standard InChI is InChI=1S/C24H26N4O4/c1-5-32-22(30)20-13-14-28(27-20)19-11-9-17(10-12-19)25-21(29)16-7-6-8-18(15-16)26-23(31)24(2,3)4/h6-15H,5H2,1-4H3,(H,25,29)(H,26,31). The largest absolute Gasteiger partial charge is 0.461 e. The maximum Gasteiger partial charge on any atom is 0.358 e. The van der Waals surface area contributed by atoms with Crippen LogP contribution in [0.15, 0.2) is 60.8 Å².